The van der Waals surface area contributed by atoms with E-state index in [9.17, 15) is 9.36 Å². The van der Waals surface area contributed by atoms with Crippen molar-refractivity contribution in [2.45, 2.75) is 163 Å². The van der Waals surface area contributed by atoms with Gasteiger partial charge in [0, 0.05) is 1560 Å². The van der Waals surface area contributed by atoms with Gasteiger partial charge in [0.25, 0.3) is 0 Å². The van der Waals surface area contributed by atoms with Gasteiger partial charge in [0.15, 0.2) is 0 Å². The van der Waals surface area contributed by atoms with Crippen molar-refractivity contribution in [2.24, 2.45) is 46.3 Å². The first kappa shape index (κ1) is 290. The maximum atomic E-state index is 12.3. The van der Waals surface area contributed by atoms with Crippen LogP contribution in [0, 0.1) is 46.3 Å². The molecule has 9 atom stereocenters. The zero-order valence-electron chi connectivity index (χ0n) is 59.6. The number of nitrogens with one attached hydrogen (secondary N) is 1. The van der Waals surface area contributed by atoms with Crippen LogP contribution in [0.1, 0.15) is 162 Å². The van der Waals surface area contributed by atoms with E-state index in [0.717, 1.165) is 92.6 Å². The summed E-state index contributed by atoms with van der Waals surface area (Å²) < 4.78 is 18.2. The molecule has 1 unspecified atom stereocenters. The Morgan fingerprint density at radius 3 is 1.35 bits per heavy atom. The van der Waals surface area contributed by atoms with Crippen LogP contribution in [0.2, 0.25) is 0 Å². The topological polar surface area (TPSA) is 106 Å². The van der Waals surface area contributed by atoms with Crippen LogP contribution in [0.25, 0.3) is 0 Å². The summed E-state index contributed by atoms with van der Waals surface area (Å²) in [5.74, 6) is 5.34. The van der Waals surface area contributed by atoms with Crippen molar-refractivity contribution in [1.29, 1.82) is 0 Å². The average molecular weight is 4890 g/mol. The van der Waals surface area contributed by atoms with Gasteiger partial charge in [-0.2, -0.15) is 0 Å². The minimum atomic E-state index is -3.37. The maximum Gasteiger partial charge on any atom is 0.325 e. The van der Waals surface area contributed by atoms with E-state index in [0.29, 0.717) is 36.4 Å². The summed E-state index contributed by atoms with van der Waals surface area (Å²) >= 11 is 0. The van der Waals surface area contributed by atoms with E-state index >= 15 is 0 Å². The minimum absolute atomic E-state index is 0. The van der Waals surface area contributed by atoms with E-state index < -0.39 is 7.60 Å². The fraction of sp³-hybridized carbons (Fsp3) is 0.878. The van der Waals surface area contributed by atoms with Gasteiger partial charge < -0.3 is 14.7 Å². The van der Waals surface area contributed by atoms with Gasteiger partial charge in [0.2, 0.25) is 5.91 Å². The first-order valence-corrected chi connectivity index (χ1v) is 22.6. The number of carbonyl (C=O) groups is 1. The molecule has 0 spiro atoms. The van der Waals surface area contributed by atoms with Gasteiger partial charge in [-0.25, -0.2) is 4.68 Å². The number of hydrogen-bond acceptors (Lipinski definition) is 5. The number of rotatable bonds is 19. The van der Waals surface area contributed by atoms with Gasteiger partial charge in [-0.1, -0.05) is 83.6 Å². The summed E-state index contributed by atoms with van der Waals surface area (Å²) in [4.78, 5) is 21.4. The molecule has 2 N–H and O–H groups in total. The van der Waals surface area contributed by atoms with Crippen molar-refractivity contribution < 1.29 is 1560 Å². The molecule has 8 nitrogen and oxygen atoms in total. The molecule has 3 fully saturated rings. The molecule has 1 heterocycles. The second kappa shape index (κ2) is 188. The summed E-state index contributed by atoms with van der Waals surface area (Å²) in [5.41, 5.74) is 3.65. The zero-order valence-corrected chi connectivity index (χ0v) is 194. The predicted octanol–water partition coefficient (Wildman–Crippen LogP) is 9.96. The largest absolute Gasteiger partial charge is 0.356 e. The Morgan fingerprint density at radius 2 is 0.948 bits per heavy atom. The molecule has 5 rings (SSSR count). The van der Waals surface area contributed by atoms with E-state index in [1.165, 1.54) is 70.9 Å². The average Bonchev–Trinajstić information content (AvgIpc) is 3.67. The molecule has 97 heavy (non-hydrogen) atoms. The fourth-order valence-corrected chi connectivity index (χ4v) is 11.7. The molecule has 0 bridgehead atoms. The molecule has 1 aromatic heterocycles. The van der Waals surface area contributed by atoms with Crippen molar-refractivity contribution in [3.8, 4) is 0 Å². The smallest absolute Gasteiger partial charge is 0.325 e. The third-order valence-corrected chi connectivity index (χ3v) is 14.7. The number of carbonyl (C=O) groups excluding carboxylic acids is 1. The monoisotopic (exact) mass is 4890 g/mol. The molecule has 3 saturated carbocycles. The number of nitrogens with zero attached hydrogens (tertiary/aromatic N) is 3. The van der Waals surface area contributed by atoms with Gasteiger partial charge in [-0.05, 0) is 130 Å². The molecular weight excluding hydrogens is 4820 g/mol. The summed E-state index contributed by atoms with van der Waals surface area (Å²) in [6.07, 6.45) is 26.5. The Kier molecular flexibility index (Phi) is 561. The summed E-state index contributed by atoms with van der Waals surface area (Å²) in [6.45, 7) is 14.9. The Bertz CT molecular complexity index is 1420. The van der Waals surface area contributed by atoms with Crippen molar-refractivity contribution in [2.75, 3.05) is 19.8 Å². The number of aromatic nitrogens is 3. The van der Waals surface area contributed by atoms with Gasteiger partial charge in [-0.15, -0.1) is 5.10 Å². The third-order valence-electron chi connectivity index (χ3n) is 14.0. The Morgan fingerprint density at radius 1 is 0.536 bits per heavy atom. The first-order chi connectivity index (χ1) is 23.8. The molecule has 0 aromatic carbocycles. The minimum Gasteiger partial charge on any atom is -0.356 e. The Labute approximate surface area is 1780 Å². The summed E-state index contributed by atoms with van der Waals surface area (Å²) in [7, 11) is -3.37. The number of allylic oxidation sites excluding steroid dienone is 2. The number of amides is 1. The second-order valence-electron chi connectivity index (χ2n) is 18.0. The van der Waals surface area contributed by atoms with Crippen LogP contribution in [-0.2, 0) is 1560 Å². The van der Waals surface area contributed by atoms with Crippen LogP contribution in [-0.4, -0.2) is 45.6 Å². The van der Waals surface area contributed by atoms with E-state index in [-0.39, 0.29) is 1540 Å². The van der Waals surface area contributed by atoms with Gasteiger partial charge in [-0.3, -0.25) is 9.36 Å². The van der Waals surface area contributed by atoms with Gasteiger partial charge >= 0.3 is 7.60 Å². The Hall–Kier alpha value is 50.4. The van der Waals surface area contributed by atoms with E-state index in [1.54, 1.807) is 5.57 Å². The van der Waals surface area contributed by atoms with Crippen molar-refractivity contribution in [3.63, 3.8) is 0 Å². The molecule has 425 valence electrons. The van der Waals surface area contributed by atoms with Crippen LogP contribution in [0.3, 0.4) is 0 Å². The summed E-state index contributed by atoms with van der Waals surface area (Å²) in [6, 6.07) is 0.407. The molecule has 0 saturated heterocycles. The quantitative estimate of drug-likeness (QED) is 0.0813. The van der Waals surface area contributed by atoms with Crippen molar-refractivity contribution >= 4 is 13.5 Å². The number of unbranched alkanes of at least 4 members (excludes halogenated alkanes) is 4. The molecule has 1 aromatic rings. The normalized spacial score (nSPS) is 16.7. The van der Waals surface area contributed by atoms with Crippen LogP contribution in [0.5, 0.6) is 0 Å². The predicted molar refractivity (Wildman–Crippen MR) is 203 cm³/mol. The maximum absolute atomic E-state index is 12.3. The van der Waals surface area contributed by atoms with Crippen LogP contribution < -0.4 is 5.32 Å². The Balaban J connectivity index is -0.0000000151. The standard InChI is InChI=1S/C41H71N4O4P.47Y/c1-30(2)14-13-15-31(3)36-20-21-37-35-19-18-32-28-34(22-24-40(32,4)38(35)23-25-41(36,37)5)45-29-33(43-44-45)16-9-10-17-39(46)42-26-11-7-8-12-27-49-50(6,47)48;;;;;;;;;;;;;;;;;;;;;;;;;;;;;;;;;;;;;;;;;;;;;;;/h18,29-31,34-38H,7-17,19-28H2,1-6H3,(H,42,46)(H,47,48);;;;;;;;;;;;;;;;;;;;;;;;;;;;;;;;;;;;;;;;;;;;;;;/t31-,34+,35+,36-,37+,38+,40+,41-;;;;;;;;;;;;;;;;;;;;;;;;;;;;;;;;;;;;;;;;;;;;;;;/m1.............................................../s1. The molecule has 4 aliphatic rings. The third kappa shape index (κ3) is 135. The molecule has 1 amide bonds. The first-order valence-electron chi connectivity index (χ1n) is 20.6. The zero-order chi connectivity index (χ0) is 35.9. The SMILES string of the molecule is CC(C)CCC[C@@H](C)[C@H]1CC[C@H]2[C@@H]3CC=C4C[C@@H](n5cc(CCCCC(=O)NCCCCCCOP(C)(=O)O)nn5)CC[C@]4(C)[C@H]3CC[C@]12C.[Y].[Y].[Y].[Y].[Y].[Y].[Y].[Y].[Y].[Y].[Y].[Y].[Y].[Y].[Y].[Y].[Y].[Y].[Y].[Y].[Y].[Y].[Y].[Y].[Y].[Y].[Y].[Y].[Y].[Y].[Y].[Y].[Y].[Y].[Y].[Y].[Y].[Y].[Y].[Y].[Y].[Y].[Y].[Y].[Y].[Y].[Y]. The number of aryl methyl sites for hydroxylation is 1. The van der Waals surface area contributed by atoms with Gasteiger partial charge in [0.05, 0.1) is 18.3 Å². The van der Waals surface area contributed by atoms with E-state index in [1.807, 2.05) is 0 Å². The van der Waals surface area contributed by atoms with Crippen LogP contribution in [0.4, 0.5) is 0 Å². The molecular formula is C41H71N4O4PY47. The number of fused-ring (bicyclic) bond motifs is 5. The van der Waals surface area contributed by atoms with Crippen LogP contribution >= 0.6 is 7.60 Å². The van der Waals surface area contributed by atoms with E-state index in [2.05, 4.69) is 67.2 Å². The molecule has 4 aliphatic carbocycles. The number of hydrogen-bond donors (Lipinski definition) is 2. The summed E-state index contributed by atoms with van der Waals surface area (Å²) in [5, 5.41) is 12.2. The van der Waals surface area contributed by atoms with Crippen LogP contribution in [0.15, 0.2) is 17.8 Å². The van der Waals surface area contributed by atoms with Crippen molar-refractivity contribution in [1.82, 2.24) is 20.3 Å². The molecule has 47 radical (unpaired) electrons. The van der Waals surface area contributed by atoms with E-state index in [4.69, 9.17) is 9.42 Å². The molecule has 0 aliphatic heterocycles. The van der Waals surface area contributed by atoms with Gasteiger partial charge in [0.1, 0.15) is 0 Å². The molecule has 56 heteroatoms. The van der Waals surface area contributed by atoms with Crippen molar-refractivity contribution in [3.05, 3.63) is 23.5 Å². The fourth-order valence-electron chi connectivity index (χ4n) is 11.2. The second-order valence-corrected chi connectivity index (χ2v) is 19.8.